The van der Waals surface area contributed by atoms with E-state index in [1.54, 1.807) is 0 Å². The van der Waals surface area contributed by atoms with Crippen LogP contribution in [0.2, 0.25) is 0 Å². The molecule has 1 aromatic rings. The molecule has 0 radical (unpaired) electrons. The Hall–Kier alpha value is -0.940. The lowest BCUT2D eigenvalue weighted by Crippen LogP contribution is -2.36. The van der Waals surface area contributed by atoms with Crippen LogP contribution >= 0.6 is 0 Å². The maximum absolute atomic E-state index is 5.33. The summed E-state index contributed by atoms with van der Waals surface area (Å²) >= 11 is 0. The topological polar surface area (TPSA) is 54.0 Å². The summed E-state index contributed by atoms with van der Waals surface area (Å²) < 4.78 is 5.33. The van der Waals surface area contributed by atoms with Crippen molar-refractivity contribution in [3.05, 3.63) is 11.4 Å². The van der Waals surface area contributed by atoms with E-state index in [0.29, 0.717) is 0 Å². The molecule has 2 rings (SSSR count). The standard InChI is InChI=1S/C11H20N4O/c1-11(2,3)10-9(12-14-13-10)8-15-4-6-16-7-5-15/h4-8H2,1-3H3,(H,12,13,14). The zero-order chi connectivity index (χ0) is 11.6. The molecular formula is C11H20N4O. The molecule has 1 saturated heterocycles. The number of hydrogen-bond acceptors (Lipinski definition) is 4. The molecule has 0 saturated carbocycles. The van der Waals surface area contributed by atoms with E-state index >= 15 is 0 Å². The largest absolute Gasteiger partial charge is 0.379 e. The number of hydrogen-bond donors (Lipinski definition) is 1. The Labute approximate surface area is 96.2 Å². The summed E-state index contributed by atoms with van der Waals surface area (Å²) in [5.74, 6) is 0. The molecule has 5 nitrogen and oxygen atoms in total. The Kier molecular flexibility index (Phi) is 3.25. The van der Waals surface area contributed by atoms with Crippen LogP contribution in [0.1, 0.15) is 32.2 Å². The number of aromatic amines is 1. The van der Waals surface area contributed by atoms with Crippen molar-refractivity contribution in [2.45, 2.75) is 32.7 Å². The summed E-state index contributed by atoms with van der Waals surface area (Å²) in [4.78, 5) is 2.36. The predicted octanol–water partition coefficient (Wildman–Crippen LogP) is 0.934. The van der Waals surface area contributed by atoms with Gasteiger partial charge in [0.2, 0.25) is 0 Å². The van der Waals surface area contributed by atoms with Gasteiger partial charge in [-0.05, 0) is 0 Å². The van der Waals surface area contributed by atoms with Crippen LogP contribution in [0.5, 0.6) is 0 Å². The molecule has 1 fully saturated rings. The fourth-order valence-corrected chi connectivity index (χ4v) is 1.93. The minimum Gasteiger partial charge on any atom is -0.379 e. The lowest BCUT2D eigenvalue weighted by molar-refractivity contribution is 0.0334. The van der Waals surface area contributed by atoms with Gasteiger partial charge in [-0.1, -0.05) is 20.8 Å². The number of rotatable bonds is 2. The van der Waals surface area contributed by atoms with Gasteiger partial charge >= 0.3 is 0 Å². The van der Waals surface area contributed by atoms with Crippen LogP contribution in [0.25, 0.3) is 0 Å². The SMILES string of the molecule is CC(C)(C)c1n[nH]nc1CN1CCOCC1. The highest BCUT2D eigenvalue weighted by Crippen LogP contribution is 2.23. The molecule has 16 heavy (non-hydrogen) atoms. The van der Waals surface area contributed by atoms with Gasteiger partial charge in [-0.3, -0.25) is 4.90 Å². The third-order valence-electron chi connectivity index (χ3n) is 2.81. The zero-order valence-corrected chi connectivity index (χ0v) is 10.3. The first kappa shape index (κ1) is 11.5. The highest BCUT2D eigenvalue weighted by Gasteiger charge is 2.23. The fourth-order valence-electron chi connectivity index (χ4n) is 1.93. The molecule has 0 aromatic carbocycles. The average Bonchev–Trinajstić information content (AvgIpc) is 2.67. The van der Waals surface area contributed by atoms with Crippen molar-refractivity contribution in [1.29, 1.82) is 0 Å². The predicted molar refractivity (Wildman–Crippen MR) is 61.2 cm³/mol. The minimum atomic E-state index is 0.0502. The van der Waals surface area contributed by atoms with Gasteiger partial charge in [0.05, 0.1) is 18.9 Å². The van der Waals surface area contributed by atoms with Crippen molar-refractivity contribution >= 4 is 0 Å². The summed E-state index contributed by atoms with van der Waals surface area (Å²) in [5, 5.41) is 11.3. The highest BCUT2D eigenvalue weighted by atomic mass is 16.5. The van der Waals surface area contributed by atoms with Crippen LogP contribution < -0.4 is 0 Å². The second-order valence-electron chi connectivity index (χ2n) is 5.26. The first-order valence-corrected chi connectivity index (χ1v) is 5.77. The van der Waals surface area contributed by atoms with Crippen LogP contribution in [-0.2, 0) is 16.7 Å². The molecule has 0 amide bonds. The van der Waals surface area contributed by atoms with Crippen molar-refractivity contribution in [3.63, 3.8) is 0 Å². The maximum Gasteiger partial charge on any atom is 0.100 e. The third kappa shape index (κ3) is 2.59. The summed E-state index contributed by atoms with van der Waals surface area (Å²) in [5.41, 5.74) is 2.18. The van der Waals surface area contributed by atoms with Crippen LogP contribution in [0.15, 0.2) is 0 Å². The maximum atomic E-state index is 5.33. The Morgan fingerprint density at radius 2 is 1.94 bits per heavy atom. The summed E-state index contributed by atoms with van der Waals surface area (Å²) in [7, 11) is 0. The van der Waals surface area contributed by atoms with E-state index in [1.807, 2.05) is 0 Å². The quantitative estimate of drug-likeness (QED) is 0.812. The molecule has 0 bridgehead atoms. The minimum absolute atomic E-state index is 0.0502. The number of nitrogens with one attached hydrogen (secondary N) is 1. The monoisotopic (exact) mass is 224 g/mol. The van der Waals surface area contributed by atoms with E-state index in [4.69, 9.17) is 4.74 Å². The molecule has 0 unspecified atom stereocenters. The van der Waals surface area contributed by atoms with Crippen molar-refractivity contribution in [3.8, 4) is 0 Å². The average molecular weight is 224 g/mol. The smallest absolute Gasteiger partial charge is 0.100 e. The molecule has 0 aliphatic carbocycles. The van der Waals surface area contributed by atoms with Crippen LogP contribution in [-0.4, -0.2) is 46.6 Å². The Morgan fingerprint density at radius 1 is 1.25 bits per heavy atom. The first-order valence-electron chi connectivity index (χ1n) is 5.77. The van der Waals surface area contributed by atoms with Gasteiger partial charge in [-0.25, -0.2) is 0 Å². The summed E-state index contributed by atoms with van der Waals surface area (Å²) in [6.07, 6.45) is 0. The fraction of sp³-hybridized carbons (Fsp3) is 0.818. The van der Waals surface area contributed by atoms with Crippen molar-refractivity contribution in [1.82, 2.24) is 20.3 Å². The van der Waals surface area contributed by atoms with Crippen LogP contribution in [0.4, 0.5) is 0 Å². The van der Waals surface area contributed by atoms with Gasteiger partial charge < -0.3 is 4.74 Å². The zero-order valence-electron chi connectivity index (χ0n) is 10.3. The van der Waals surface area contributed by atoms with Gasteiger partial charge in [-0.15, -0.1) is 0 Å². The van der Waals surface area contributed by atoms with Crippen LogP contribution in [0, 0.1) is 0 Å². The molecule has 1 aromatic heterocycles. The number of morpholine rings is 1. The van der Waals surface area contributed by atoms with Gasteiger partial charge in [0, 0.05) is 25.0 Å². The van der Waals surface area contributed by atoms with Crippen molar-refractivity contribution in [2.75, 3.05) is 26.3 Å². The van der Waals surface area contributed by atoms with E-state index in [9.17, 15) is 0 Å². The molecule has 5 heteroatoms. The van der Waals surface area contributed by atoms with Gasteiger partial charge in [-0.2, -0.15) is 15.4 Å². The van der Waals surface area contributed by atoms with E-state index < -0.39 is 0 Å². The Morgan fingerprint density at radius 3 is 2.56 bits per heavy atom. The van der Waals surface area contributed by atoms with E-state index in [2.05, 4.69) is 41.1 Å². The Balaban J connectivity index is 2.06. The lowest BCUT2D eigenvalue weighted by Gasteiger charge is -2.26. The second kappa shape index (κ2) is 4.51. The molecule has 2 heterocycles. The number of H-pyrrole nitrogens is 1. The molecule has 0 atom stereocenters. The van der Waals surface area contributed by atoms with Crippen LogP contribution in [0.3, 0.4) is 0 Å². The lowest BCUT2D eigenvalue weighted by atomic mass is 9.90. The number of nitrogens with zero attached hydrogens (tertiary/aromatic N) is 3. The Bertz CT molecular complexity index is 336. The molecule has 90 valence electrons. The summed E-state index contributed by atoms with van der Waals surface area (Å²) in [6, 6.07) is 0. The summed E-state index contributed by atoms with van der Waals surface area (Å²) in [6.45, 7) is 11.0. The molecule has 0 spiro atoms. The van der Waals surface area contributed by atoms with Crippen molar-refractivity contribution in [2.24, 2.45) is 0 Å². The molecule has 1 aliphatic rings. The highest BCUT2D eigenvalue weighted by molar-refractivity contribution is 5.17. The van der Waals surface area contributed by atoms with Crippen molar-refractivity contribution < 1.29 is 4.74 Å². The van der Waals surface area contributed by atoms with Gasteiger partial charge in [0.1, 0.15) is 5.69 Å². The van der Waals surface area contributed by atoms with Gasteiger partial charge in [0.25, 0.3) is 0 Å². The number of aromatic nitrogens is 3. The second-order valence-corrected chi connectivity index (χ2v) is 5.26. The van der Waals surface area contributed by atoms with E-state index in [0.717, 1.165) is 44.2 Å². The normalized spacial score (nSPS) is 18.9. The van der Waals surface area contributed by atoms with E-state index in [1.165, 1.54) is 0 Å². The van der Waals surface area contributed by atoms with Gasteiger partial charge in [0.15, 0.2) is 0 Å². The third-order valence-corrected chi connectivity index (χ3v) is 2.81. The first-order chi connectivity index (χ1) is 7.57. The molecular weight excluding hydrogens is 204 g/mol. The molecule has 1 N–H and O–H groups in total. The van der Waals surface area contributed by atoms with E-state index in [-0.39, 0.29) is 5.41 Å². The molecule has 1 aliphatic heterocycles. The number of ether oxygens (including phenoxy) is 1.